The van der Waals surface area contributed by atoms with Crippen LogP contribution in [0.2, 0.25) is 0 Å². The molecule has 0 saturated carbocycles. The lowest BCUT2D eigenvalue weighted by molar-refractivity contribution is 0.704. The van der Waals surface area contributed by atoms with Gasteiger partial charge in [-0.1, -0.05) is 97.1 Å². The van der Waals surface area contributed by atoms with Gasteiger partial charge in [0.2, 0.25) is 0 Å². The second kappa shape index (κ2) is 11.2. The van der Waals surface area contributed by atoms with Gasteiger partial charge in [0, 0.05) is 63.2 Å². The highest BCUT2D eigenvalue weighted by Crippen LogP contribution is 2.53. The number of aromatic nitrogens is 1. The van der Waals surface area contributed by atoms with Crippen molar-refractivity contribution < 1.29 is 0 Å². The van der Waals surface area contributed by atoms with Crippen molar-refractivity contribution in [2.24, 2.45) is 5.92 Å². The van der Waals surface area contributed by atoms with Gasteiger partial charge in [-0.05, 0) is 104 Å². The molecule has 1 atom stereocenters. The highest BCUT2D eigenvalue weighted by molar-refractivity contribution is 8.00. The van der Waals surface area contributed by atoms with E-state index in [0.717, 1.165) is 17.8 Å². The Morgan fingerprint density at radius 3 is 2.32 bits per heavy atom. The van der Waals surface area contributed by atoms with Crippen molar-refractivity contribution >= 4 is 82.0 Å². The van der Waals surface area contributed by atoms with E-state index in [-0.39, 0.29) is 0 Å². The fourth-order valence-corrected chi connectivity index (χ4v) is 10.9. The van der Waals surface area contributed by atoms with Gasteiger partial charge in [-0.15, -0.1) is 11.3 Å². The molecule has 10 rings (SSSR count). The number of benzene rings is 6. The van der Waals surface area contributed by atoms with Crippen LogP contribution in [0.1, 0.15) is 38.3 Å². The average Bonchev–Trinajstić information content (AvgIpc) is 3.65. The van der Waals surface area contributed by atoms with Crippen LogP contribution in [-0.2, 0) is 0 Å². The molecule has 1 N–H and O–H groups in total. The van der Waals surface area contributed by atoms with Gasteiger partial charge >= 0.3 is 0 Å². The summed E-state index contributed by atoms with van der Waals surface area (Å²) in [5.74, 6) is 0.547. The SMILES string of the molecule is CC1=CC(C)CC(C)=C1c1cc(-c2cc3c(cc2Nc2ccccc2C)sc2ccccc23)c2c(c1)-n1c3ccccc3c3cccc(c31)S2. The number of para-hydroxylation sites is 3. The molecule has 2 aromatic heterocycles. The molecule has 8 aromatic rings. The van der Waals surface area contributed by atoms with Gasteiger partial charge in [-0.3, -0.25) is 0 Å². The normalized spacial score (nSPS) is 15.7. The lowest BCUT2D eigenvalue weighted by Crippen LogP contribution is -2.08. The zero-order chi connectivity index (χ0) is 33.7. The van der Waals surface area contributed by atoms with Crippen molar-refractivity contribution in [3.63, 3.8) is 0 Å². The number of aryl methyl sites for hydroxylation is 1. The summed E-state index contributed by atoms with van der Waals surface area (Å²) in [4.78, 5) is 2.60. The summed E-state index contributed by atoms with van der Waals surface area (Å²) in [5.41, 5.74) is 15.3. The largest absolute Gasteiger partial charge is 0.355 e. The molecule has 0 saturated heterocycles. The minimum Gasteiger partial charge on any atom is -0.355 e. The van der Waals surface area contributed by atoms with E-state index in [1.807, 2.05) is 23.1 Å². The van der Waals surface area contributed by atoms with Gasteiger partial charge in [0.15, 0.2) is 0 Å². The van der Waals surface area contributed by atoms with Crippen molar-refractivity contribution in [1.82, 2.24) is 4.57 Å². The maximum Gasteiger partial charge on any atom is 0.0681 e. The quantitative estimate of drug-likeness (QED) is 0.199. The molecule has 6 aromatic carbocycles. The summed E-state index contributed by atoms with van der Waals surface area (Å²) < 4.78 is 5.16. The average molecular weight is 681 g/mol. The van der Waals surface area contributed by atoms with Crippen molar-refractivity contribution in [3.05, 3.63) is 144 Å². The van der Waals surface area contributed by atoms with Crippen LogP contribution in [-0.4, -0.2) is 4.57 Å². The molecule has 0 amide bonds. The van der Waals surface area contributed by atoms with Crippen molar-refractivity contribution in [2.75, 3.05) is 5.32 Å². The van der Waals surface area contributed by atoms with Crippen molar-refractivity contribution in [3.8, 4) is 16.8 Å². The molecular formula is C46H36N2S2. The predicted octanol–water partition coefficient (Wildman–Crippen LogP) is 14.1. The number of thiophene rings is 1. The molecule has 242 valence electrons. The number of anilines is 2. The standard InChI is InChI=1S/C46H36N2S2/c1-26-20-28(3)44(29(4)21-26)30-22-36(46-40(23-30)48-39-17-9-6-13-31(39)33-15-11-19-42(50-46)45(33)48)34-24-35-32-14-7-10-18-41(32)49-43(35)25-38(34)47-37-16-8-5-12-27(37)2/h5-20,22-26,47H,21H2,1-4H3. The van der Waals surface area contributed by atoms with Crippen LogP contribution in [0.15, 0.2) is 142 Å². The van der Waals surface area contributed by atoms with Crippen LogP contribution in [0, 0.1) is 12.8 Å². The number of nitrogens with zero attached hydrogens (tertiary/aromatic N) is 1. The summed E-state index contributed by atoms with van der Waals surface area (Å²) in [6.45, 7) is 9.16. The third kappa shape index (κ3) is 4.48. The molecule has 4 heteroatoms. The molecule has 0 bridgehead atoms. The van der Waals surface area contributed by atoms with Gasteiger partial charge < -0.3 is 9.88 Å². The zero-order valence-electron chi connectivity index (χ0n) is 28.6. The van der Waals surface area contributed by atoms with E-state index in [9.17, 15) is 0 Å². The third-order valence-electron chi connectivity index (χ3n) is 10.7. The summed E-state index contributed by atoms with van der Waals surface area (Å²) in [5, 5.41) is 9.18. The molecule has 0 radical (unpaired) electrons. The number of hydrogen-bond donors (Lipinski definition) is 1. The van der Waals surface area contributed by atoms with Crippen molar-refractivity contribution in [1.29, 1.82) is 0 Å². The predicted molar refractivity (Wildman–Crippen MR) is 218 cm³/mol. The van der Waals surface area contributed by atoms with E-state index in [1.165, 1.54) is 96.4 Å². The monoisotopic (exact) mass is 680 g/mol. The highest BCUT2D eigenvalue weighted by Gasteiger charge is 2.29. The van der Waals surface area contributed by atoms with E-state index >= 15 is 0 Å². The smallest absolute Gasteiger partial charge is 0.0681 e. The van der Waals surface area contributed by atoms with Gasteiger partial charge in [0.25, 0.3) is 0 Å². The Balaban J connectivity index is 1.33. The Labute approximate surface area is 300 Å². The van der Waals surface area contributed by atoms with E-state index in [0.29, 0.717) is 5.92 Å². The summed E-state index contributed by atoms with van der Waals surface area (Å²) in [7, 11) is 0. The highest BCUT2D eigenvalue weighted by atomic mass is 32.2. The molecule has 1 aliphatic heterocycles. The zero-order valence-corrected chi connectivity index (χ0v) is 30.2. The molecule has 2 aliphatic rings. The Morgan fingerprint density at radius 1 is 0.680 bits per heavy atom. The van der Waals surface area contributed by atoms with E-state index in [1.54, 1.807) is 0 Å². The number of rotatable bonds is 4. The Kier molecular flexibility index (Phi) is 6.71. The van der Waals surface area contributed by atoms with E-state index in [2.05, 4.69) is 159 Å². The molecular weight excluding hydrogens is 645 g/mol. The Morgan fingerprint density at radius 2 is 1.46 bits per heavy atom. The molecule has 0 spiro atoms. The number of allylic oxidation sites excluding steroid dienone is 4. The Bertz CT molecular complexity index is 2790. The lowest BCUT2D eigenvalue weighted by atomic mass is 9.82. The molecule has 1 unspecified atom stereocenters. The van der Waals surface area contributed by atoms with Crippen LogP contribution >= 0.6 is 23.1 Å². The first-order chi connectivity index (χ1) is 24.4. The van der Waals surface area contributed by atoms with Crippen LogP contribution in [0.5, 0.6) is 0 Å². The second-order valence-corrected chi connectivity index (χ2v) is 16.2. The summed E-state index contributed by atoms with van der Waals surface area (Å²) in [6, 6.07) is 43.0. The van der Waals surface area contributed by atoms with E-state index < -0.39 is 0 Å². The summed E-state index contributed by atoms with van der Waals surface area (Å²) in [6.07, 6.45) is 3.55. The molecule has 1 aliphatic carbocycles. The first kappa shape index (κ1) is 29.8. The molecule has 3 heterocycles. The van der Waals surface area contributed by atoms with Gasteiger partial charge in [-0.25, -0.2) is 0 Å². The number of fused-ring (bicyclic) bond motifs is 8. The minimum absolute atomic E-state index is 0.547. The van der Waals surface area contributed by atoms with Gasteiger partial charge in [0.05, 0.1) is 16.7 Å². The van der Waals surface area contributed by atoms with Crippen LogP contribution < -0.4 is 5.32 Å². The van der Waals surface area contributed by atoms with Crippen LogP contribution in [0.4, 0.5) is 11.4 Å². The minimum atomic E-state index is 0.547. The van der Waals surface area contributed by atoms with Gasteiger partial charge in [0.1, 0.15) is 0 Å². The topological polar surface area (TPSA) is 17.0 Å². The lowest BCUT2D eigenvalue weighted by Gasteiger charge is -2.28. The Hall–Kier alpha value is -5.03. The molecule has 50 heavy (non-hydrogen) atoms. The summed E-state index contributed by atoms with van der Waals surface area (Å²) >= 11 is 3.80. The first-order valence-electron chi connectivity index (χ1n) is 17.5. The van der Waals surface area contributed by atoms with Crippen LogP contribution in [0.25, 0.3) is 64.4 Å². The van der Waals surface area contributed by atoms with Crippen LogP contribution in [0.3, 0.4) is 0 Å². The maximum atomic E-state index is 3.94. The molecule has 0 fully saturated rings. The van der Waals surface area contributed by atoms with E-state index in [4.69, 9.17) is 0 Å². The van der Waals surface area contributed by atoms with Crippen molar-refractivity contribution in [2.45, 2.75) is 43.9 Å². The number of hydrogen-bond acceptors (Lipinski definition) is 3. The van der Waals surface area contributed by atoms with Gasteiger partial charge in [-0.2, -0.15) is 0 Å². The first-order valence-corrected chi connectivity index (χ1v) is 19.1. The maximum absolute atomic E-state index is 3.94. The third-order valence-corrected chi connectivity index (χ3v) is 13.0. The fraction of sp³-hybridized carbons (Fsp3) is 0.130. The second-order valence-electron chi connectivity index (χ2n) is 14.1. The molecule has 2 nitrogen and oxygen atoms in total. The fourth-order valence-electron chi connectivity index (χ4n) is 8.58. The number of nitrogens with one attached hydrogen (secondary N) is 1.